The van der Waals surface area contributed by atoms with Gasteiger partial charge in [-0.25, -0.2) is 0 Å². The molecule has 1 saturated heterocycles. The minimum Gasteiger partial charge on any atom is -0.406 e. The van der Waals surface area contributed by atoms with Crippen molar-refractivity contribution in [3.63, 3.8) is 0 Å². The van der Waals surface area contributed by atoms with Gasteiger partial charge in [0.1, 0.15) is 5.75 Å². The molecular weight excluding hydrogens is 347 g/mol. The predicted molar refractivity (Wildman–Crippen MR) is 92.5 cm³/mol. The van der Waals surface area contributed by atoms with Gasteiger partial charge in [-0.1, -0.05) is 26.0 Å². The van der Waals surface area contributed by atoms with Crippen molar-refractivity contribution < 1.29 is 22.7 Å². The lowest BCUT2D eigenvalue weighted by Crippen LogP contribution is -2.54. The summed E-state index contributed by atoms with van der Waals surface area (Å²) in [5.74, 6) is -0.411. The summed E-state index contributed by atoms with van der Waals surface area (Å²) in [4.78, 5) is 14.4. The Morgan fingerprint density at radius 2 is 2.00 bits per heavy atom. The molecule has 8 heteroatoms. The van der Waals surface area contributed by atoms with Gasteiger partial charge in [-0.15, -0.1) is 13.2 Å². The van der Waals surface area contributed by atoms with E-state index >= 15 is 0 Å². The van der Waals surface area contributed by atoms with E-state index in [1.54, 1.807) is 6.92 Å². The maximum atomic E-state index is 12.3. The Morgan fingerprint density at radius 1 is 1.38 bits per heavy atom. The topological polar surface area (TPSA) is 67.6 Å². The fraction of sp³-hybridized carbons (Fsp3) is 0.611. The lowest BCUT2D eigenvalue weighted by molar-refractivity contribution is -0.274. The zero-order chi connectivity index (χ0) is 19.5. The number of carbonyl (C=O) groups excluding carboxylic acids is 1. The maximum absolute atomic E-state index is 12.3. The van der Waals surface area contributed by atoms with Gasteiger partial charge in [-0.2, -0.15) is 0 Å². The highest BCUT2D eigenvalue weighted by Crippen LogP contribution is 2.27. The smallest absolute Gasteiger partial charge is 0.406 e. The molecule has 0 radical (unpaired) electrons. The number of benzene rings is 1. The van der Waals surface area contributed by atoms with Crippen LogP contribution in [0.3, 0.4) is 0 Å². The van der Waals surface area contributed by atoms with E-state index in [4.69, 9.17) is 5.73 Å². The second-order valence-electron chi connectivity index (χ2n) is 7.50. The number of ether oxygens (including phenoxy) is 1. The average Bonchev–Trinajstić information content (AvgIpc) is 2.49. The molecule has 0 aliphatic carbocycles. The third-order valence-electron chi connectivity index (χ3n) is 4.75. The number of nitrogens with two attached hydrogens (primary N) is 1. The van der Waals surface area contributed by atoms with E-state index in [0.29, 0.717) is 5.56 Å². The van der Waals surface area contributed by atoms with Crippen molar-refractivity contribution >= 4 is 5.91 Å². The third kappa shape index (κ3) is 5.88. The standard InChI is InChI=1S/C18H26F3N3O2/c1-12(13-4-6-14(7-5-13)26-18(19,20)21)23-16(25)10-24-9-8-15(22)17(2,3)11-24/h4-7,12,15H,8-11,22H2,1-3H3,(H,23,25). The zero-order valence-corrected chi connectivity index (χ0v) is 15.3. The second-order valence-corrected chi connectivity index (χ2v) is 7.50. The van der Waals surface area contributed by atoms with Crippen molar-refractivity contribution in [3.05, 3.63) is 29.8 Å². The highest BCUT2D eigenvalue weighted by molar-refractivity contribution is 5.78. The molecule has 1 amide bonds. The van der Waals surface area contributed by atoms with Crippen LogP contribution in [-0.4, -0.2) is 42.8 Å². The van der Waals surface area contributed by atoms with Crippen LogP contribution in [0.15, 0.2) is 24.3 Å². The predicted octanol–water partition coefficient (Wildman–Crippen LogP) is 2.82. The molecular formula is C18H26F3N3O2. The molecule has 1 fully saturated rings. The fourth-order valence-electron chi connectivity index (χ4n) is 3.15. The largest absolute Gasteiger partial charge is 0.573 e. The first-order valence-electron chi connectivity index (χ1n) is 8.59. The first-order chi connectivity index (χ1) is 12.0. The van der Waals surface area contributed by atoms with Gasteiger partial charge in [0.2, 0.25) is 5.91 Å². The van der Waals surface area contributed by atoms with Crippen molar-refractivity contribution in [2.24, 2.45) is 11.1 Å². The molecule has 5 nitrogen and oxygen atoms in total. The van der Waals surface area contributed by atoms with Gasteiger partial charge in [-0.3, -0.25) is 9.69 Å². The van der Waals surface area contributed by atoms with Gasteiger partial charge >= 0.3 is 6.36 Å². The van der Waals surface area contributed by atoms with E-state index in [1.165, 1.54) is 24.3 Å². The number of hydrogen-bond donors (Lipinski definition) is 2. The lowest BCUT2D eigenvalue weighted by Gasteiger charge is -2.42. The van der Waals surface area contributed by atoms with E-state index in [2.05, 4.69) is 28.8 Å². The van der Waals surface area contributed by atoms with Gasteiger partial charge in [0.25, 0.3) is 0 Å². The quantitative estimate of drug-likeness (QED) is 0.833. The number of nitrogens with one attached hydrogen (secondary N) is 1. The molecule has 146 valence electrons. The van der Waals surface area contributed by atoms with Crippen molar-refractivity contribution in [1.29, 1.82) is 0 Å². The van der Waals surface area contributed by atoms with Gasteiger partial charge in [0.05, 0.1) is 12.6 Å². The molecule has 2 unspecified atom stereocenters. The molecule has 0 aromatic heterocycles. The van der Waals surface area contributed by atoms with Crippen LogP contribution in [0.1, 0.15) is 38.8 Å². The molecule has 2 rings (SSSR count). The third-order valence-corrected chi connectivity index (χ3v) is 4.75. The highest BCUT2D eigenvalue weighted by atomic mass is 19.4. The van der Waals surface area contributed by atoms with Crippen LogP contribution in [0.2, 0.25) is 0 Å². The Bertz CT molecular complexity index is 617. The van der Waals surface area contributed by atoms with Crippen LogP contribution < -0.4 is 15.8 Å². The summed E-state index contributed by atoms with van der Waals surface area (Å²) in [6, 6.07) is 5.30. The summed E-state index contributed by atoms with van der Waals surface area (Å²) in [6.45, 7) is 7.77. The number of likely N-dealkylation sites (tertiary alicyclic amines) is 1. The summed E-state index contributed by atoms with van der Waals surface area (Å²) in [5.41, 5.74) is 6.76. The normalized spacial score (nSPS) is 21.9. The van der Waals surface area contributed by atoms with Crippen molar-refractivity contribution in [2.45, 2.75) is 45.6 Å². The molecule has 2 atom stereocenters. The summed E-state index contributed by atoms with van der Waals surface area (Å²) in [7, 11) is 0. The summed E-state index contributed by atoms with van der Waals surface area (Å²) in [5, 5.41) is 2.87. The number of rotatable bonds is 5. The highest BCUT2D eigenvalue weighted by Gasteiger charge is 2.34. The van der Waals surface area contributed by atoms with Gasteiger partial charge in [0, 0.05) is 19.1 Å². The molecule has 0 saturated carbocycles. The molecule has 26 heavy (non-hydrogen) atoms. The van der Waals surface area contributed by atoms with Crippen molar-refractivity contribution in [2.75, 3.05) is 19.6 Å². The van der Waals surface area contributed by atoms with E-state index in [0.717, 1.165) is 19.5 Å². The SMILES string of the molecule is CC(NC(=O)CN1CCC(N)C(C)(C)C1)c1ccc(OC(F)(F)F)cc1. The Labute approximate surface area is 151 Å². The maximum Gasteiger partial charge on any atom is 0.573 e. The van der Waals surface area contributed by atoms with E-state index in [9.17, 15) is 18.0 Å². The minimum absolute atomic E-state index is 0.0432. The van der Waals surface area contributed by atoms with Crippen LogP contribution in [0, 0.1) is 5.41 Å². The van der Waals surface area contributed by atoms with Crippen molar-refractivity contribution in [3.8, 4) is 5.75 Å². The molecule has 1 aliphatic heterocycles. The number of amides is 1. The molecule has 3 N–H and O–H groups in total. The summed E-state index contributed by atoms with van der Waals surface area (Å²) in [6.07, 6.45) is -3.87. The van der Waals surface area contributed by atoms with Crippen LogP contribution >= 0.6 is 0 Å². The number of piperidine rings is 1. The van der Waals surface area contributed by atoms with Crippen LogP contribution in [0.4, 0.5) is 13.2 Å². The lowest BCUT2D eigenvalue weighted by atomic mass is 9.80. The fourth-order valence-corrected chi connectivity index (χ4v) is 3.15. The summed E-state index contributed by atoms with van der Waals surface area (Å²) < 4.78 is 40.4. The van der Waals surface area contributed by atoms with Crippen LogP contribution in [0.25, 0.3) is 0 Å². The Morgan fingerprint density at radius 3 is 2.54 bits per heavy atom. The number of alkyl halides is 3. The van der Waals surface area contributed by atoms with Gasteiger partial charge < -0.3 is 15.8 Å². The van der Waals surface area contributed by atoms with Crippen LogP contribution in [0.5, 0.6) is 5.75 Å². The molecule has 0 bridgehead atoms. The van der Waals surface area contributed by atoms with E-state index < -0.39 is 6.36 Å². The zero-order valence-electron chi connectivity index (χ0n) is 15.3. The average molecular weight is 373 g/mol. The molecule has 1 aromatic carbocycles. The van der Waals surface area contributed by atoms with Crippen molar-refractivity contribution in [1.82, 2.24) is 10.2 Å². The van der Waals surface area contributed by atoms with E-state index in [-0.39, 0.29) is 35.7 Å². The molecule has 0 spiro atoms. The first-order valence-corrected chi connectivity index (χ1v) is 8.59. The molecule has 1 heterocycles. The van der Waals surface area contributed by atoms with Gasteiger partial charge in [0.15, 0.2) is 0 Å². The first kappa shape index (κ1) is 20.5. The number of nitrogens with zero attached hydrogens (tertiary/aromatic N) is 1. The number of carbonyl (C=O) groups is 1. The van der Waals surface area contributed by atoms with E-state index in [1.807, 2.05) is 0 Å². The number of hydrogen-bond acceptors (Lipinski definition) is 4. The number of halogens is 3. The second kappa shape index (κ2) is 7.84. The van der Waals surface area contributed by atoms with Gasteiger partial charge in [-0.05, 0) is 36.5 Å². The minimum atomic E-state index is -4.72. The molecule has 1 aromatic rings. The Hall–Kier alpha value is -1.80. The summed E-state index contributed by atoms with van der Waals surface area (Å²) >= 11 is 0. The molecule has 1 aliphatic rings. The van der Waals surface area contributed by atoms with Crippen LogP contribution in [-0.2, 0) is 4.79 Å². The Balaban J connectivity index is 1.87. The Kier molecular flexibility index (Phi) is 6.18. The monoisotopic (exact) mass is 373 g/mol.